The van der Waals surface area contributed by atoms with Crippen LogP contribution in [0.15, 0.2) is 24.5 Å². The van der Waals surface area contributed by atoms with Crippen molar-refractivity contribution in [2.75, 3.05) is 12.4 Å². The third kappa shape index (κ3) is 3.04. The molecule has 0 aliphatic rings. The van der Waals surface area contributed by atoms with Crippen molar-refractivity contribution >= 4 is 23.4 Å². The van der Waals surface area contributed by atoms with E-state index in [1.54, 1.807) is 11.8 Å². The molecule has 2 rings (SSSR count). The fourth-order valence-corrected chi connectivity index (χ4v) is 2.46. The molecule has 2 aromatic heterocycles. The van der Waals surface area contributed by atoms with Gasteiger partial charge in [0, 0.05) is 11.9 Å². The highest BCUT2D eigenvalue weighted by atomic mass is 32.2. The summed E-state index contributed by atoms with van der Waals surface area (Å²) in [5, 5.41) is 0. The molecule has 2 aromatic rings. The number of ether oxygens (including phenoxy) is 1. The highest BCUT2D eigenvalue weighted by Crippen LogP contribution is 2.15. The lowest BCUT2D eigenvalue weighted by Gasteiger charge is -2.03. The second-order valence-corrected chi connectivity index (χ2v) is 4.97. The van der Waals surface area contributed by atoms with Gasteiger partial charge in [0.2, 0.25) is 0 Å². The van der Waals surface area contributed by atoms with Gasteiger partial charge in [-0.2, -0.15) is 0 Å². The van der Waals surface area contributed by atoms with Crippen molar-refractivity contribution in [3.05, 3.63) is 35.8 Å². The van der Waals surface area contributed by atoms with Crippen LogP contribution in [0.25, 0.3) is 5.65 Å². The lowest BCUT2D eigenvalue weighted by Crippen LogP contribution is -2.06. The molecule has 0 aliphatic carbocycles. The molecule has 0 N–H and O–H groups in total. The van der Waals surface area contributed by atoms with Gasteiger partial charge in [-0.15, -0.1) is 11.8 Å². The molecule has 0 bridgehead atoms. The van der Waals surface area contributed by atoms with Gasteiger partial charge in [0.05, 0.1) is 24.3 Å². The summed E-state index contributed by atoms with van der Waals surface area (Å²) in [4.78, 5) is 15.6. The molecule has 0 aliphatic heterocycles. The van der Waals surface area contributed by atoms with Crippen LogP contribution in [0.5, 0.6) is 0 Å². The standard InChI is InChI=1S/C13H16N2O2S/c1-3-17-13(16)9-18-8-11-7-14-12-6-10(2)4-5-15(11)12/h4-7H,3,8-9H2,1-2H3. The number of pyridine rings is 1. The minimum atomic E-state index is -0.160. The van der Waals surface area contributed by atoms with E-state index in [0.29, 0.717) is 12.4 Å². The molecular formula is C13H16N2O2S. The third-order valence-corrected chi connectivity index (χ3v) is 3.46. The van der Waals surface area contributed by atoms with Gasteiger partial charge in [0.25, 0.3) is 0 Å². The number of rotatable bonds is 5. The molecule has 0 saturated carbocycles. The lowest BCUT2D eigenvalue weighted by atomic mass is 10.3. The monoisotopic (exact) mass is 264 g/mol. The zero-order chi connectivity index (χ0) is 13.0. The van der Waals surface area contributed by atoms with E-state index in [0.717, 1.165) is 17.1 Å². The molecule has 96 valence electrons. The summed E-state index contributed by atoms with van der Waals surface area (Å²) in [7, 11) is 0. The molecule has 0 aromatic carbocycles. The predicted octanol–water partition coefficient (Wildman–Crippen LogP) is 2.44. The normalized spacial score (nSPS) is 10.8. The Morgan fingerprint density at radius 1 is 1.56 bits per heavy atom. The van der Waals surface area contributed by atoms with Crippen molar-refractivity contribution in [1.29, 1.82) is 0 Å². The highest BCUT2D eigenvalue weighted by Gasteiger charge is 2.06. The first-order valence-electron chi connectivity index (χ1n) is 5.86. The number of nitrogens with zero attached hydrogens (tertiary/aromatic N) is 2. The van der Waals surface area contributed by atoms with Gasteiger partial charge < -0.3 is 9.14 Å². The maximum atomic E-state index is 11.2. The van der Waals surface area contributed by atoms with Crippen molar-refractivity contribution in [2.24, 2.45) is 0 Å². The van der Waals surface area contributed by atoms with E-state index in [9.17, 15) is 4.79 Å². The third-order valence-electron chi connectivity index (χ3n) is 2.52. The maximum Gasteiger partial charge on any atom is 0.315 e. The summed E-state index contributed by atoms with van der Waals surface area (Å²) in [6.45, 7) is 4.30. The molecule has 0 spiro atoms. The topological polar surface area (TPSA) is 43.6 Å². The fraction of sp³-hybridized carbons (Fsp3) is 0.385. The molecule has 0 unspecified atom stereocenters. The smallest absolute Gasteiger partial charge is 0.315 e. The Balaban J connectivity index is 1.98. The van der Waals surface area contributed by atoms with E-state index in [4.69, 9.17) is 4.74 Å². The van der Waals surface area contributed by atoms with E-state index < -0.39 is 0 Å². The highest BCUT2D eigenvalue weighted by molar-refractivity contribution is 7.99. The first-order valence-corrected chi connectivity index (χ1v) is 7.02. The van der Waals surface area contributed by atoms with Crippen molar-refractivity contribution in [2.45, 2.75) is 19.6 Å². The quantitative estimate of drug-likeness (QED) is 0.778. The van der Waals surface area contributed by atoms with E-state index in [-0.39, 0.29) is 5.97 Å². The SMILES string of the molecule is CCOC(=O)CSCc1cnc2cc(C)ccn12. The number of esters is 1. The first-order chi connectivity index (χ1) is 8.70. The van der Waals surface area contributed by atoms with Crippen molar-refractivity contribution in [3.8, 4) is 0 Å². The minimum absolute atomic E-state index is 0.160. The van der Waals surface area contributed by atoms with Crippen molar-refractivity contribution in [1.82, 2.24) is 9.38 Å². The summed E-state index contributed by atoms with van der Waals surface area (Å²) in [5.74, 6) is 0.975. The van der Waals surface area contributed by atoms with Gasteiger partial charge in [-0.1, -0.05) is 0 Å². The summed E-state index contributed by atoms with van der Waals surface area (Å²) in [5.41, 5.74) is 3.24. The van der Waals surface area contributed by atoms with Crippen LogP contribution in [0.2, 0.25) is 0 Å². The molecule has 2 heterocycles. The number of hydrogen-bond acceptors (Lipinski definition) is 4. The molecule has 0 fully saturated rings. The Morgan fingerprint density at radius 2 is 2.39 bits per heavy atom. The van der Waals surface area contributed by atoms with Gasteiger partial charge in [-0.3, -0.25) is 4.79 Å². The Kier molecular flexibility index (Phi) is 4.25. The van der Waals surface area contributed by atoms with Gasteiger partial charge in [-0.05, 0) is 31.5 Å². The molecule has 0 radical (unpaired) electrons. The van der Waals surface area contributed by atoms with Crippen LogP contribution in [-0.4, -0.2) is 27.7 Å². The van der Waals surface area contributed by atoms with Gasteiger partial charge >= 0.3 is 5.97 Å². The van der Waals surface area contributed by atoms with Crippen LogP contribution < -0.4 is 0 Å². The number of aryl methyl sites for hydroxylation is 1. The second-order valence-electron chi connectivity index (χ2n) is 3.98. The summed E-state index contributed by atoms with van der Waals surface area (Å²) in [6.07, 6.45) is 3.87. The predicted molar refractivity (Wildman–Crippen MR) is 72.7 cm³/mol. The Hall–Kier alpha value is -1.49. The number of fused-ring (bicyclic) bond motifs is 1. The average molecular weight is 264 g/mol. The molecule has 18 heavy (non-hydrogen) atoms. The zero-order valence-electron chi connectivity index (χ0n) is 10.5. The maximum absolute atomic E-state index is 11.2. The number of carbonyl (C=O) groups excluding carboxylic acids is 1. The van der Waals surface area contributed by atoms with Crippen molar-refractivity contribution in [3.63, 3.8) is 0 Å². The number of imidazole rings is 1. The lowest BCUT2D eigenvalue weighted by molar-refractivity contribution is -0.139. The van der Waals surface area contributed by atoms with Crippen molar-refractivity contribution < 1.29 is 9.53 Å². The van der Waals surface area contributed by atoms with Gasteiger partial charge in [-0.25, -0.2) is 4.98 Å². The number of aromatic nitrogens is 2. The summed E-state index contributed by atoms with van der Waals surface area (Å²) < 4.78 is 6.93. The largest absolute Gasteiger partial charge is 0.465 e. The Bertz CT molecular complexity index is 551. The fourth-order valence-electron chi connectivity index (χ4n) is 1.68. The van der Waals surface area contributed by atoms with Gasteiger partial charge in [0.15, 0.2) is 0 Å². The van der Waals surface area contributed by atoms with E-state index in [1.807, 2.05) is 42.8 Å². The zero-order valence-corrected chi connectivity index (χ0v) is 11.4. The van der Waals surface area contributed by atoms with Crippen LogP contribution in [0, 0.1) is 6.92 Å². The van der Waals surface area contributed by atoms with Crippen LogP contribution in [0.3, 0.4) is 0 Å². The minimum Gasteiger partial charge on any atom is -0.465 e. The molecule has 0 amide bonds. The number of thioether (sulfide) groups is 1. The second kappa shape index (κ2) is 5.91. The number of carbonyl (C=O) groups is 1. The Labute approximate surface area is 110 Å². The van der Waals surface area contributed by atoms with E-state index in [2.05, 4.69) is 4.98 Å². The summed E-state index contributed by atoms with van der Waals surface area (Å²) >= 11 is 1.54. The summed E-state index contributed by atoms with van der Waals surface area (Å²) in [6, 6.07) is 4.09. The molecular weight excluding hydrogens is 248 g/mol. The van der Waals surface area contributed by atoms with E-state index in [1.165, 1.54) is 5.56 Å². The van der Waals surface area contributed by atoms with E-state index >= 15 is 0 Å². The molecule has 4 nitrogen and oxygen atoms in total. The average Bonchev–Trinajstić information content (AvgIpc) is 2.72. The van der Waals surface area contributed by atoms with Crippen LogP contribution >= 0.6 is 11.8 Å². The van der Waals surface area contributed by atoms with Crippen LogP contribution in [-0.2, 0) is 15.3 Å². The Morgan fingerprint density at radius 3 is 3.17 bits per heavy atom. The number of hydrogen-bond donors (Lipinski definition) is 0. The van der Waals surface area contributed by atoms with Crippen LogP contribution in [0.1, 0.15) is 18.2 Å². The van der Waals surface area contributed by atoms with Gasteiger partial charge in [0.1, 0.15) is 5.65 Å². The first kappa shape index (κ1) is 13.0. The molecule has 5 heteroatoms. The van der Waals surface area contributed by atoms with Crippen LogP contribution in [0.4, 0.5) is 0 Å². The molecule has 0 atom stereocenters. The molecule has 0 saturated heterocycles.